The Morgan fingerprint density at radius 1 is 1.53 bits per heavy atom. The van der Waals surface area contributed by atoms with Crippen molar-refractivity contribution in [1.29, 1.82) is 0 Å². The SMILES string of the molecule is NCCCc1cnc(CC2CCCS2(=O)=O)s1. The number of hydrogen-bond acceptors (Lipinski definition) is 5. The summed E-state index contributed by atoms with van der Waals surface area (Å²) in [5.74, 6) is 0.350. The van der Waals surface area contributed by atoms with Crippen LogP contribution in [0, 0.1) is 0 Å². The average Bonchev–Trinajstić information content (AvgIpc) is 2.84. The Morgan fingerprint density at radius 3 is 3.00 bits per heavy atom. The average molecular weight is 274 g/mol. The predicted molar refractivity (Wildman–Crippen MR) is 70.0 cm³/mol. The first-order valence-corrected chi connectivity index (χ1v) is 8.50. The molecule has 0 saturated carbocycles. The van der Waals surface area contributed by atoms with Crippen molar-refractivity contribution in [2.45, 2.75) is 37.4 Å². The highest BCUT2D eigenvalue weighted by Crippen LogP contribution is 2.25. The van der Waals surface area contributed by atoms with Gasteiger partial charge in [-0.25, -0.2) is 13.4 Å². The number of nitrogens with two attached hydrogens (primary N) is 1. The third kappa shape index (κ3) is 3.26. The van der Waals surface area contributed by atoms with Crippen molar-refractivity contribution in [3.05, 3.63) is 16.1 Å². The van der Waals surface area contributed by atoms with E-state index in [2.05, 4.69) is 4.98 Å². The summed E-state index contributed by atoms with van der Waals surface area (Å²) < 4.78 is 23.4. The Balaban J connectivity index is 1.97. The number of hydrogen-bond donors (Lipinski definition) is 1. The smallest absolute Gasteiger partial charge is 0.153 e. The summed E-state index contributed by atoms with van der Waals surface area (Å²) in [7, 11) is -2.85. The molecule has 17 heavy (non-hydrogen) atoms. The van der Waals surface area contributed by atoms with E-state index in [0.717, 1.165) is 30.7 Å². The molecular weight excluding hydrogens is 256 g/mol. The minimum absolute atomic E-state index is 0.198. The molecule has 0 spiro atoms. The molecule has 96 valence electrons. The largest absolute Gasteiger partial charge is 0.330 e. The summed E-state index contributed by atoms with van der Waals surface area (Å²) in [6.45, 7) is 0.685. The lowest BCUT2D eigenvalue weighted by atomic mass is 10.2. The van der Waals surface area contributed by atoms with Crippen molar-refractivity contribution in [3.8, 4) is 0 Å². The van der Waals surface area contributed by atoms with Crippen LogP contribution in [0.4, 0.5) is 0 Å². The Bertz CT molecular complexity index is 468. The van der Waals surface area contributed by atoms with Crippen molar-refractivity contribution >= 4 is 21.2 Å². The zero-order valence-electron chi connectivity index (χ0n) is 9.76. The second-order valence-corrected chi connectivity index (χ2v) is 8.05. The summed E-state index contributed by atoms with van der Waals surface area (Å²) in [5, 5.41) is 0.753. The maximum Gasteiger partial charge on any atom is 0.153 e. The van der Waals surface area contributed by atoms with E-state index in [9.17, 15) is 8.42 Å². The minimum atomic E-state index is -2.85. The standard InChI is InChI=1S/C11H18N2O2S2/c12-5-1-3-9-8-13-11(16-9)7-10-4-2-6-17(10,14)15/h8,10H,1-7,12H2. The van der Waals surface area contributed by atoms with Crippen molar-refractivity contribution in [2.75, 3.05) is 12.3 Å². The Labute approximate surface area is 106 Å². The molecule has 1 atom stereocenters. The lowest BCUT2D eigenvalue weighted by molar-refractivity contribution is 0.588. The molecule has 2 rings (SSSR count). The molecule has 1 saturated heterocycles. The van der Waals surface area contributed by atoms with E-state index in [1.54, 1.807) is 11.3 Å². The van der Waals surface area contributed by atoms with Crippen molar-refractivity contribution in [3.63, 3.8) is 0 Å². The van der Waals surface area contributed by atoms with Crippen LogP contribution in [-0.4, -0.2) is 30.9 Å². The fourth-order valence-corrected chi connectivity index (χ4v) is 5.11. The molecule has 0 aliphatic carbocycles. The van der Waals surface area contributed by atoms with Gasteiger partial charge < -0.3 is 5.73 Å². The Kier molecular flexibility index (Phi) is 4.17. The van der Waals surface area contributed by atoms with Crippen LogP contribution in [0.3, 0.4) is 0 Å². The summed E-state index contributed by atoms with van der Waals surface area (Å²) in [6.07, 6.45) is 5.96. The van der Waals surface area contributed by atoms with Gasteiger partial charge >= 0.3 is 0 Å². The summed E-state index contributed by atoms with van der Waals surface area (Å²) in [5.41, 5.74) is 5.46. The molecule has 0 aromatic carbocycles. The zero-order chi connectivity index (χ0) is 12.3. The van der Waals surface area contributed by atoms with Crippen molar-refractivity contribution < 1.29 is 8.42 Å². The number of rotatable bonds is 5. The second-order valence-electron chi connectivity index (χ2n) is 4.45. The van der Waals surface area contributed by atoms with Crippen LogP contribution in [0.15, 0.2) is 6.20 Å². The van der Waals surface area contributed by atoms with Crippen LogP contribution in [0.2, 0.25) is 0 Å². The normalized spacial score (nSPS) is 23.0. The van der Waals surface area contributed by atoms with Crippen LogP contribution < -0.4 is 5.73 Å². The van der Waals surface area contributed by atoms with Crippen LogP contribution in [0.5, 0.6) is 0 Å². The molecule has 6 heteroatoms. The number of sulfone groups is 1. The van der Waals surface area contributed by atoms with E-state index in [1.165, 1.54) is 4.88 Å². The number of aryl methyl sites for hydroxylation is 1. The maximum atomic E-state index is 11.7. The predicted octanol–water partition coefficient (Wildman–Crippen LogP) is 1.15. The fraction of sp³-hybridized carbons (Fsp3) is 0.727. The first kappa shape index (κ1) is 13.0. The highest BCUT2D eigenvalue weighted by atomic mass is 32.2. The van der Waals surface area contributed by atoms with Gasteiger partial charge in [-0.1, -0.05) is 0 Å². The third-order valence-corrected chi connectivity index (χ3v) is 6.45. The molecule has 0 bridgehead atoms. The van der Waals surface area contributed by atoms with Gasteiger partial charge in [-0.15, -0.1) is 11.3 Å². The molecule has 4 nitrogen and oxygen atoms in total. The van der Waals surface area contributed by atoms with Gasteiger partial charge in [0.05, 0.1) is 16.0 Å². The zero-order valence-corrected chi connectivity index (χ0v) is 11.4. The number of aromatic nitrogens is 1. The van der Waals surface area contributed by atoms with E-state index < -0.39 is 9.84 Å². The Hall–Kier alpha value is -0.460. The van der Waals surface area contributed by atoms with E-state index in [0.29, 0.717) is 18.7 Å². The van der Waals surface area contributed by atoms with Gasteiger partial charge in [-0.2, -0.15) is 0 Å². The van der Waals surface area contributed by atoms with Crippen LogP contribution >= 0.6 is 11.3 Å². The van der Waals surface area contributed by atoms with Gasteiger partial charge in [0.25, 0.3) is 0 Å². The highest BCUT2D eigenvalue weighted by Gasteiger charge is 2.31. The second kappa shape index (κ2) is 5.46. The maximum absolute atomic E-state index is 11.7. The molecule has 2 N–H and O–H groups in total. The van der Waals surface area contributed by atoms with Gasteiger partial charge in [0.2, 0.25) is 0 Å². The van der Waals surface area contributed by atoms with Gasteiger partial charge in [0.1, 0.15) is 0 Å². The first-order valence-electron chi connectivity index (χ1n) is 5.97. The van der Waals surface area contributed by atoms with Gasteiger partial charge in [-0.3, -0.25) is 0 Å². The fourth-order valence-electron chi connectivity index (χ4n) is 2.12. The molecule has 1 aliphatic heterocycles. The number of nitrogens with zero attached hydrogens (tertiary/aromatic N) is 1. The summed E-state index contributed by atoms with van der Waals surface area (Å²) >= 11 is 1.63. The van der Waals surface area contributed by atoms with E-state index in [4.69, 9.17) is 5.73 Å². The molecular formula is C11H18N2O2S2. The first-order chi connectivity index (χ1) is 8.12. The van der Waals surface area contributed by atoms with Crippen molar-refractivity contribution in [1.82, 2.24) is 4.98 Å². The van der Waals surface area contributed by atoms with Crippen LogP contribution in [0.25, 0.3) is 0 Å². The van der Waals surface area contributed by atoms with Crippen LogP contribution in [0.1, 0.15) is 29.1 Å². The topological polar surface area (TPSA) is 73.0 Å². The van der Waals surface area contributed by atoms with Gasteiger partial charge in [-0.05, 0) is 32.2 Å². The molecule has 0 radical (unpaired) electrons. The molecule has 1 aromatic heterocycles. The molecule has 2 heterocycles. The van der Waals surface area contributed by atoms with E-state index >= 15 is 0 Å². The lowest BCUT2D eigenvalue weighted by Crippen LogP contribution is -2.18. The van der Waals surface area contributed by atoms with Crippen LogP contribution in [-0.2, 0) is 22.7 Å². The highest BCUT2D eigenvalue weighted by molar-refractivity contribution is 7.92. The summed E-state index contributed by atoms with van der Waals surface area (Å²) in [4.78, 5) is 5.52. The van der Waals surface area contributed by atoms with E-state index in [-0.39, 0.29) is 5.25 Å². The summed E-state index contributed by atoms with van der Waals surface area (Å²) in [6, 6.07) is 0. The third-order valence-electron chi connectivity index (χ3n) is 3.09. The molecule has 0 amide bonds. The molecule has 1 aromatic rings. The quantitative estimate of drug-likeness (QED) is 0.874. The molecule has 1 aliphatic rings. The van der Waals surface area contributed by atoms with Crippen molar-refractivity contribution in [2.24, 2.45) is 5.73 Å². The Morgan fingerprint density at radius 2 is 2.35 bits per heavy atom. The molecule has 1 unspecified atom stereocenters. The van der Waals surface area contributed by atoms with E-state index in [1.807, 2.05) is 6.20 Å². The van der Waals surface area contributed by atoms with Gasteiger partial charge in [0.15, 0.2) is 9.84 Å². The molecule has 1 fully saturated rings. The minimum Gasteiger partial charge on any atom is -0.330 e. The lowest BCUT2D eigenvalue weighted by Gasteiger charge is -2.05. The number of thiazole rings is 1. The van der Waals surface area contributed by atoms with Gasteiger partial charge in [0, 0.05) is 17.5 Å². The monoisotopic (exact) mass is 274 g/mol.